The van der Waals surface area contributed by atoms with Crippen molar-refractivity contribution in [3.05, 3.63) is 21.7 Å². The van der Waals surface area contributed by atoms with E-state index in [0.29, 0.717) is 4.91 Å². The van der Waals surface area contributed by atoms with Gasteiger partial charge in [-0.25, -0.2) is 0 Å². The van der Waals surface area contributed by atoms with Gasteiger partial charge in [-0.2, -0.15) is 0 Å². The first-order chi connectivity index (χ1) is 3.63. The number of halogens is 3. The van der Waals surface area contributed by atoms with E-state index < -0.39 is 18.9 Å². The Bertz CT molecular complexity index is 159. The van der Waals surface area contributed by atoms with Crippen LogP contribution in [0.2, 0.25) is 0 Å². The Kier molecular flexibility index (Phi) is 1.23. The maximum absolute atomic E-state index is 12.0. The molecule has 1 aliphatic rings. The zero-order valence-corrected chi connectivity index (χ0v) is 5.96. The van der Waals surface area contributed by atoms with Crippen molar-refractivity contribution in [1.82, 2.24) is 0 Å². The minimum atomic E-state index is -5.08. The summed E-state index contributed by atoms with van der Waals surface area (Å²) in [5.74, 6) is 0. The van der Waals surface area contributed by atoms with Gasteiger partial charge in [0.25, 0.3) is 0 Å². The van der Waals surface area contributed by atoms with Crippen LogP contribution in [0, 0.1) is 0 Å². The van der Waals surface area contributed by atoms with Crippen LogP contribution in [0.5, 0.6) is 0 Å². The van der Waals surface area contributed by atoms with Crippen molar-refractivity contribution in [2.24, 2.45) is 0 Å². The quantitative estimate of drug-likeness (QED) is 0.500. The van der Waals surface area contributed by atoms with Crippen molar-refractivity contribution in [3.8, 4) is 0 Å². The average molecular weight is 181 g/mol. The monoisotopic (exact) mass is 182 g/mol. The van der Waals surface area contributed by atoms with Crippen LogP contribution in [0.3, 0.4) is 0 Å². The van der Waals surface area contributed by atoms with Gasteiger partial charge in [0.05, 0.1) is 0 Å². The zero-order valence-electron chi connectivity index (χ0n) is 3.87. The van der Waals surface area contributed by atoms with E-state index in [-0.39, 0.29) is 0 Å². The Balaban J connectivity index is 2.87. The van der Waals surface area contributed by atoms with Gasteiger partial charge in [-0.05, 0) is 0 Å². The second-order valence-electron chi connectivity index (χ2n) is 1.50. The van der Waals surface area contributed by atoms with Crippen molar-refractivity contribution >= 4 is 14.2 Å². The van der Waals surface area contributed by atoms with Gasteiger partial charge in [0.1, 0.15) is 0 Å². The van der Waals surface area contributed by atoms with Gasteiger partial charge in [-0.1, -0.05) is 0 Å². The summed E-state index contributed by atoms with van der Waals surface area (Å²) >= 11 is -5.08. The Morgan fingerprint density at radius 3 is 2.12 bits per heavy atom. The van der Waals surface area contributed by atoms with Crippen LogP contribution in [-0.2, 0) is 0 Å². The summed E-state index contributed by atoms with van der Waals surface area (Å²) in [4.78, 5) is 0.704. The Morgan fingerprint density at radius 1 is 1.38 bits per heavy atom. The summed E-state index contributed by atoms with van der Waals surface area (Å²) in [7, 11) is 0. The van der Waals surface area contributed by atoms with Gasteiger partial charge < -0.3 is 0 Å². The molecule has 0 fully saturated rings. The molecule has 8 heavy (non-hydrogen) atoms. The second-order valence-corrected chi connectivity index (χ2v) is 5.81. The summed E-state index contributed by atoms with van der Waals surface area (Å²) in [6.45, 7) is 0. The van der Waals surface area contributed by atoms with Gasteiger partial charge >= 0.3 is 47.3 Å². The molecule has 0 saturated carbocycles. The second kappa shape index (κ2) is 1.65. The minimum absolute atomic E-state index is 0.704. The molecule has 0 nitrogen and oxygen atoms in total. The van der Waals surface area contributed by atoms with Crippen LogP contribution in [-0.4, -0.2) is 14.2 Å². The molecule has 0 radical (unpaired) electrons. The fourth-order valence-electron chi connectivity index (χ4n) is 0.444. The predicted molar refractivity (Wildman–Crippen MR) is 26.3 cm³/mol. The van der Waals surface area contributed by atoms with Crippen molar-refractivity contribution in [1.29, 1.82) is 0 Å². The van der Waals surface area contributed by atoms with E-state index in [1.807, 2.05) is 0 Å². The molecular weight excluding hydrogens is 178 g/mol. The molecule has 44 valence electrons. The van der Waals surface area contributed by atoms with Gasteiger partial charge in [0.2, 0.25) is 0 Å². The number of allylic oxidation sites excluding steroid dienone is 2. The molecule has 0 saturated heterocycles. The first-order valence-corrected chi connectivity index (χ1v) is 5.91. The topological polar surface area (TPSA) is 0 Å². The Hall–Kier alpha value is -0.187. The molecule has 1 rings (SSSR count). The molecular formula is C4H3F3Ge. The molecule has 1 aliphatic heterocycles. The molecule has 0 unspecified atom stereocenters. The van der Waals surface area contributed by atoms with Crippen LogP contribution < -0.4 is 0 Å². The first-order valence-electron chi connectivity index (χ1n) is 2.06. The Morgan fingerprint density at radius 2 is 2.00 bits per heavy atom. The summed E-state index contributed by atoms with van der Waals surface area (Å²) in [5, 5.41) is 0. The number of rotatable bonds is 0. The van der Waals surface area contributed by atoms with Gasteiger partial charge in [-0.15, -0.1) is 0 Å². The normalized spacial score (nSPS) is 23.6. The van der Waals surface area contributed by atoms with E-state index >= 15 is 0 Å². The van der Waals surface area contributed by atoms with Crippen LogP contribution in [0.1, 0.15) is 0 Å². The van der Waals surface area contributed by atoms with E-state index in [9.17, 15) is 11.4 Å². The standard InChI is InChI=1S/C4H3F3Ge/c5-4-2-1-3-8(4,6)7/h1-3H. The van der Waals surface area contributed by atoms with E-state index in [0.717, 1.165) is 12.2 Å². The molecule has 0 aromatic heterocycles. The third-order valence-corrected chi connectivity index (χ3v) is 3.83. The average Bonchev–Trinajstić information content (AvgIpc) is 1.86. The molecule has 1 heterocycles. The van der Waals surface area contributed by atoms with Crippen LogP contribution in [0.15, 0.2) is 21.7 Å². The molecule has 0 aliphatic carbocycles. The van der Waals surface area contributed by atoms with Crippen molar-refractivity contribution in [2.45, 2.75) is 0 Å². The number of hydrogen-bond donors (Lipinski definition) is 0. The summed E-state index contributed by atoms with van der Waals surface area (Å²) < 4.78 is 34.6. The molecule has 0 spiro atoms. The van der Waals surface area contributed by atoms with Crippen molar-refractivity contribution in [2.75, 3.05) is 0 Å². The van der Waals surface area contributed by atoms with Crippen molar-refractivity contribution < 1.29 is 11.4 Å². The zero-order chi connectivity index (χ0) is 6.20. The summed E-state index contributed by atoms with van der Waals surface area (Å²) in [5.41, 5.74) is 0. The Labute approximate surface area is 48.0 Å². The fourth-order valence-corrected chi connectivity index (χ4v) is 2.16. The molecule has 0 aromatic carbocycles. The predicted octanol–water partition coefficient (Wildman–Crippen LogP) is 1.87. The van der Waals surface area contributed by atoms with E-state index in [4.69, 9.17) is 0 Å². The summed E-state index contributed by atoms with van der Waals surface area (Å²) in [6.07, 6.45) is 1.91. The van der Waals surface area contributed by atoms with Gasteiger partial charge in [-0.3, -0.25) is 0 Å². The first kappa shape index (κ1) is 5.94. The number of hydrogen-bond acceptors (Lipinski definition) is 0. The van der Waals surface area contributed by atoms with E-state index in [1.54, 1.807) is 0 Å². The van der Waals surface area contributed by atoms with Gasteiger partial charge in [0.15, 0.2) is 0 Å². The molecule has 0 amide bonds. The van der Waals surface area contributed by atoms with Gasteiger partial charge in [0, 0.05) is 0 Å². The van der Waals surface area contributed by atoms with Crippen LogP contribution in [0.4, 0.5) is 11.4 Å². The van der Waals surface area contributed by atoms with E-state index in [1.165, 1.54) is 0 Å². The maximum atomic E-state index is 12.0. The van der Waals surface area contributed by atoms with Crippen LogP contribution in [0.25, 0.3) is 0 Å². The molecule has 0 atom stereocenters. The molecule has 4 heteroatoms. The molecule has 0 aromatic rings. The summed E-state index contributed by atoms with van der Waals surface area (Å²) in [6, 6.07) is 0. The molecule has 0 N–H and O–H groups in total. The third kappa shape index (κ3) is 0.820. The fraction of sp³-hybridized carbons (Fsp3) is 0. The SMILES string of the molecule is F[C]1=CC=[CH][Ge]1([F])[F]. The van der Waals surface area contributed by atoms with E-state index in [2.05, 4.69) is 0 Å². The third-order valence-electron chi connectivity index (χ3n) is 0.867. The van der Waals surface area contributed by atoms with Crippen molar-refractivity contribution in [3.63, 3.8) is 0 Å². The molecule has 0 bridgehead atoms. The van der Waals surface area contributed by atoms with Crippen LogP contribution >= 0.6 is 0 Å².